The summed E-state index contributed by atoms with van der Waals surface area (Å²) in [7, 11) is 1.70. The molecule has 1 fully saturated rings. The lowest BCUT2D eigenvalue weighted by atomic mass is 10.0. The van der Waals surface area contributed by atoms with E-state index in [2.05, 4.69) is 10.3 Å². The Bertz CT molecular complexity index is 1040. The molecule has 0 amide bonds. The molecular weight excluding hydrogens is 426 g/mol. The number of para-hydroxylation sites is 1. The molecular formula is C19H23N5O6S. The maximum Gasteiger partial charge on any atom is 0.297 e. The van der Waals surface area contributed by atoms with Crippen LogP contribution in [0.15, 0.2) is 40.1 Å². The summed E-state index contributed by atoms with van der Waals surface area (Å²) in [6.45, 7) is 1.11. The topological polar surface area (TPSA) is 165 Å². The number of ether oxygens (including phenoxy) is 1. The lowest BCUT2D eigenvalue weighted by Gasteiger charge is -2.39. The molecule has 12 heteroatoms. The lowest BCUT2D eigenvalue weighted by Crippen LogP contribution is -2.57. The minimum atomic E-state index is -1.57. The molecule has 0 unspecified atom stereocenters. The summed E-state index contributed by atoms with van der Waals surface area (Å²) >= 11 is 0.751. The van der Waals surface area contributed by atoms with Crippen molar-refractivity contribution >= 4 is 22.6 Å². The zero-order valence-corrected chi connectivity index (χ0v) is 17.6. The van der Waals surface area contributed by atoms with Gasteiger partial charge in [-0.3, -0.25) is 14.8 Å². The van der Waals surface area contributed by atoms with Crippen LogP contribution in [0.5, 0.6) is 0 Å². The summed E-state index contributed by atoms with van der Waals surface area (Å²) in [6.07, 6.45) is -3.98. The van der Waals surface area contributed by atoms with Crippen molar-refractivity contribution in [2.24, 2.45) is 12.0 Å². The first kappa shape index (κ1) is 23.0. The van der Waals surface area contributed by atoms with Gasteiger partial charge in [-0.15, -0.1) is 0 Å². The van der Waals surface area contributed by atoms with Gasteiger partial charge < -0.3 is 25.2 Å². The molecule has 2 heterocycles. The molecule has 1 aliphatic heterocycles. The second-order valence-electron chi connectivity index (χ2n) is 6.88. The number of nitrogens with one attached hydrogen (secondary N) is 1. The third kappa shape index (κ3) is 4.52. The largest absolute Gasteiger partial charge is 0.394 e. The molecule has 0 saturated carbocycles. The third-order valence-corrected chi connectivity index (χ3v) is 6.02. The van der Waals surface area contributed by atoms with Crippen molar-refractivity contribution in [3.8, 4) is 11.9 Å². The number of hydrogen-bond acceptors (Lipinski definition) is 9. The minimum absolute atomic E-state index is 0.0576. The van der Waals surface area contributed by atoms with Crippen molar-refractivity contribution in [2.75, 3.05) is 6.61 Å². The summed E-state index contributed by atoms with van der Waals surface area (Å²) in [5, 5.41) is 50.8. The Labute approximate surface area is 181 Å². The van der Waals surface area contributed by atoms with E-state index in [0.29, 0.717) is 11.4 Å². The summed E-state index contributed by atoms with van der Waals surface area (Å²) in [6, 6.07) is 8.96. The third-order valence-electron chi connectivity index (χ3n) is 4.98. The average molecular weight is 449 g/mol. The number of aliphatic hydroxyl groups excluding tert-OH is 4. The Hall–Kier alpha value is -2.66. The van der Waals surface area contributed by atoms with Crippen molar-refractivity contribution in [3.05, 3.63) is 46.4 Å². The van der Waals surface area contributed by atoms with Gasteiger partial charge in [0.2, 0.25) is 0 Å². The smallest absolute Gasteiger partial charge is 0.297 e. The Morgan fingerprint density at radius 2 is 1.94 bits per heavy atom. The highest BCUT2D eigenvalue weighted by molar-refractivity contribution is 8.14. The molecule has 166 valence electrons. The highest BCUT2D eigenvalue weighted by Crippen LogP contribution is 2.30. The maximum atomic E-state index is 13.0. The van der Waals surface area contributed by atoms with Crippen LogP contribution in [0.25, 0.3) is 5.69 Å². The molecule has 0 bridgehead atoms. The van der Waals surface area contributed by atoms with E-state index in [4.69, 9.17) is 10.00 Å². The lowest BCUT2D eigenvalue weighted by molar-refractivity contribution is -0.205. The Morgan fingerprint density at radius 1 is 1.26 bits per heavy atom. The molecule has 0 spiro atoms. The number of benzene rings is 1. The van der Waals surface area contributed by atoms with Gasteiger partial charge in [0.15, 0.2) is 17.0 Å². The Balaban J connectivity index is 1.97. The fraction of sp³-hybridized carbons (Fsp3) is 0.421. The summed E-state index contributed by atoms with van der Waals surface area (Å²) in [5.41, 5.74) is -0.342. The molecule has 0 radical (unpaired) electrons. The van der Waals surface area contributed by atoms with E-state index in [1.54, 1.807) is 49.1 Å². The number of nitrogens with zero attached hydrogens (tertiary/aromatic N) is 4. The van der Waals surface area contributed by atoms with Gasteiger partial charge in [-0.2, -0.15) is 5.26 Å². The van der Waals surface area contributed by atoms with Gasteiger partial charge in [-0.25, -0.2) is 9.67 Å². The van der Waals surface area contributed by atoms with Crippen LogP contribution in [0, 0.1) is 18.4 Å². The summed E-state index contributed by atoms with van der Waals surface area (Å²) in [4.78, 5) is 17.3. The van der Waals surface area contributed by atoms with Gasteiger partial charge in [-0.1, -0.05) is 30.0 Å². The minimum Gasteiger partial charge on any atom is -0.394 e. The second kappa shape index (κ2) is 9.65. The number of thioether (sulfide) groups is 1. The van der Waals surface area contributed by atoms with Crippen LogP contribution in [0.2, 0.25) is 0 Å². The normalized spacial score (nSPS) is 26.5. The van der Waals surface area contributed by atoms with Crippen molar-refractivity contribution in [1.29, 1.82) is 5.26 Å². The van der Waals surface area contributed by atoms with E-state index >= 15 is 0 Å². The fourth-order valence-corrected chi connectivity index (χ4v) is 4.16. The quantitative estimate of drug-likeness (QED) is 0.172. The number of aromatic nitrogens is 2. The molecule has 1 aromatic heterocycles. The van der Waals surface area contributed by atoms with Crippen LogP contribution in [-0.2, 0) is 11.8 Å². The second-order valence-corrected chi connectivity index (χ2v) is 7.97. The number of amidine groups is 1. The average Bonchev–Trinajstić information content (AvgIpc) is 2.97. The van der Waals surface area contributed by atoms with Crippen LogP contribution in [0.4, 0.5) is 5.69 Å². The Morgan fingerprint density at radius 3 is 2.55 bits per heavy atom. The molecule has 11 nitrogen and oxygen atoms in total. The van der Waals surface area contributed by atoms with Gasteiger partial charge in [0.1, 0.15) is 29.9 Å². The molecule has 0 aliphatic carbocycles. The molecule has 1 aromatic carbocycles. The van der Waals surface area contributed by atoms with E-state index in [0.717, 1.165) is 11.8 Å². The number of rotatable bonds is 4. The number of hydrogen-bond donors (Lipinski definition) is 5. The molecule has 5 N–H and O–H groups in total. The molecule has 5 atom stereocenters. The van der Waals surface area contributed by atoms with Crippen LogP contribution < -0.4 is 10.9 Å². The van der Waals surface area contributed by atoms with Crippen LogP contribution in [0.3, 0.4) is 0 Å². The van der Waals surface area contributed by atoms with E-state index < -0.39 is 42.0 Å². The van der Waals surface area contributed by atoms with Crippen molar-refractivity contribution in [1.82, 2.24) is 14.7 Å². The SMILES string of the molecule is Cc1c(N=C(NC#N)S[C@@H]2O[C@H](CO)[C@@H](O)[C@H](O)[C@H]2O)c(=O)n(-c2ccccc2)n1C. The first-order valence-electron chi connectivity index (χ1n) is 9.35. The molecule has 31 heavy (non-hydrogen) atoms. The molecule has 2 aromatic rings. The number of aliphatic hydroxyl groups is 4. The van der Waals surface area contributed by atoms with Crippen molar-refractivity contribution < 1.29 is 25.2 Å². The summed E-state index contributed by atoms with van der Waals surface area (Å²) < 4.78 is 8.49. The first-order chi connectivity index (χ1) is 14.8. The van der Waals surface area contributed by atoms with E-state index in [-0.39, 0.29) is 10.9 Å². The van der Waals surface area contributed by atoms with Gasteiger partial charge in [0.25, 0.3) is 5.56 Å². The fourth-order valence-electron chi connectivity index (χ4n) is 3.19. The van der Waals surface area contributed by atoms with E-state index in [1.807, 2.05) is 6.07 Å². The zero-order valence-electron chi connectivity index (χ0n) is 16.8. The van der Waals surface area contributed by atoms with Gasteiger partial charge in [0, 0.05) is 7.05 Å². The van der Waals surface area contributed by atoms with E-state index in [1.165, 1.54) is 4.68 Å². The monoisotopic (exact) mass is 449 g/mol. The van der Waals surface area contributed by atoms with Gasteiger partial charge in [0.05, 0.1) is 18.0 Å². The molecule has 3 rings (SSSR count). The van der Waals surface area contributed by atoms with E-state index in [9.17, 15) is 25.2 Å². The Kier molecular flexibility index (Phi) is 7.16. The standard InChI is InChI=1S/C19H23N5O6S/c1-10-13(17(29)24(23(10)2)11-6-4-3-5-7-11)22-19(21-9-20)31-18-16(28)15(27)14(26)12(8-25)30-18/h3-7,12,14-16,18,25-28H,8H2,1-2H3,(H,21,22)/t12-,14-,15+,16-,18+/m1/s1. The van der Waals surface area contributed by atoms with Crippen LogP contribution in [0.1, 0.15) is 5.69 Å². The number of aliphatic imine (C=N–C) groups is 1. The maximum absolute atomic E-state index is 13.0. The molecule has 1 saturated heterocycles. The van der Waals surface area contributed by atoms with Crippen molar-refractivity contribution in [2.45, 2.75) is 36.8 Å². The van der Waals surface area contributed by atoms with Crippen molar-refractivity contribution in [3.63, 3.8) is 0 Å². The van der Waals surface area contributed by atoms with Crippen LogP contribution in [-0.4, -0.2) is 71.4 Å². The zero-order chi connectivity index (χ0) is 22.7. The van der Waals surface area contributed by atoms with Gasteiger partial charge >= 0.3 is 0 Å². The van der Waals surface area contributed by atoms with Crippen LogP contribution >= 0.6 is 11.8 Å². The predicted molar refractivity (Wildman–Crippen MR) is 113 cm³/mol. The summed E-state index contributed by atoms with van der Waals surface area (Å²) in [5.74, 6) is 0. The predicted octanol–water partition coefficient (Wildman–Crippen LogP) is -0.924. The number of nitriles is 1. The highest BCUT2D eigenvalue weighted by atomic mass is 32.2. The molecule has 1 aliphatic rings. The first-order valence-corrected chi connectivity index (χ1v) is 10.2. The highest BCUT2D eigenvalue weighted by Gasteiger charge is 2.44. The van der Waals surface area contributed by atoms with Gasteiger partial charge in [-0.05, 0) is 19.1 Å².